The summed E-state index contributed by atoms with van der Waals surface area (Å²) in [7, 11) is 0. The number of piperidine rings is 1. The minimum atomic E-state index is -0.885. The van der Waals surface area contributed by atoms with E-state index < -0.39 is 17.6 Å². The predicted octanol–water partition coefficient (Wildman–Crippen LogP) is 4.83. The van der Waals surface area contributed by atoms with Crippen molar-refractivity contribution in [2.45, 2.75) is 97.8 Å². The van der Waals surface area contributed by atoms with Gasteiger partial charge < -0.3 is 25.0 Å². The lowest BCUT2D eigenvalue weighted by Crippen LogP contribution is -2.55. The van der Waals surface area contributed by atoms with Gasteiger partial charge in [-0.1, -0.05) is 13.8 Å². The predicted molar refractivity (Wildman–Crippen MR) is 141 cm³/mol. The van der Waals surface area contributed by atoms with Crippen LogP contribution in [-0.2, 0) is 9.53 Å². The van der Waals surface area contributed by atoms with E-state index in [0.29, 0.717) is 31.1 Å². The van der Waals surface area contributed by atoms with Crippen LogP contribution in [0.2, 0.25) is 0 Å². The zero-order valence-corrected chi connectivity index (χ0v) is 23.3. The Balaban J connectivity index is 2.02. The van der Waals surface area contributed by atoms with Crippen LogP contribution < -0.4 is 0 Å². The van der Waals surface area contributed by atoms with Crippen LogP contribution in [0.4, 0.5) is 0 Å². The number of hydrogen-bond acceptors (Lipinski definition) is 6. The number of carboxylic acids is 1. The van der Waals surface area contributed by atoms with Crippen LogP contribution in [0.5, 0.6) is 11.5 Å². The Labute approximate surface area is 216 Å². The number of likely N-dealkylation sites (tertiary alicyclic amines) is 1. The maximum Gasteiger partial charge on any atom is 0.323 e. The van der Waals surface area contributed by atoms with Crippen LogP contribution in [0.1, 0.15) is 96.5 Å². The van der Waals surface area contributed by atoms with Gasteiger partial charge in [-0.15, -0.1) is 0 Å². The number of ether oxygens (including phenoxy) is 1. The van der Waals surface area contributed by atoms with Crippen molar-refractivity contribution in [1.29, 1.82) is 0 Å². The van der Waals surface area contributed by atoms with Gasteiger partial charge in [-0.25, -0.2) is 0 Å². The van der Waals surface area contributed by atoms with E-state index in [0.717, 1.165) is 19.3 Å². The average molecular weight is 507 g/mol. The summed E-state index contributed by atoms with van der Waals surface area (Å²) in [6.45, 7) is 17.6. The van der Waals surface area contributed by atoms with E-state index in [9.17, 15) is 24.9 Å². The highest BCUT2D eigenvalue weighted by atomic mass is 16.5. The molecule has 0 spiro atoms. The summed E-state index contributed by atoms with van der Waals surface area (Å²) in [5.74, 6) is -0.928. The molecule has 204 valence electrons. The fraction of sp³-hybridized carbons (Fsp3) is 0.714. The molecule has 1 aromatic rings. The van der Waals surface area contributed by atoms with Crippen molar-refractivity contribution in [2.75, 3.05) is 26.2 Å². The van der Waals surface area contributed by atoms with Gasteiger partial charge in [-0.05, 0) is 90.8 Å². The molecule has 1 amide bonds. The average Bonchev–Trinajstić information content (AvgIpc) is 2.73. The molecule has 1 saturated heterocycles. The monoisotopic (exact) mass is 506 g/mol. The molecular weight excluding hydrogens is 460 g/mol. The van der Waals surface area contributed by atoms with E-state index in [-0.39, 0.29) is 41.0 Å². The summed E-state index contributed by atoms with van der Waals surface area (Å²) in [4.78, 5) is 29.0. The van der Waals surface area contributed by atoms with Crippen LogP contribution in [0.15, 0.2) is 12.1 Å². The van der Waals surface area contributed by atoms with Crippen molar-refractivity contribution in [3.63, 3.8) is 0 Å². The number of hydrogen-bond donors (Lipinski definition) is 3. The Bertz CT molecular complexity index is 908. The number of nitrogens with zero attached hydrogens (tertiary/aromatic N) is 2. The number of aliphatic carboxylic acids is 1. The van der Waals surface area contributed by atoms with Crippen molar-refractivity contribution in [1.82, 2.24) is 9.80 Å². The van der Waals surface area contributed by atoms with Gasteiger partial charge in [0.2, 0.25) is 0 Å². The fourth-order valence-corrected chi connectivity index (χ4v) is 4.73. The third kappa shape index (κ3) is 8.10. The first-order valence-corrected chi connectivity index (χ1v) is 13.0. The van der Waals surface area contributed by atoms with Crippen LogP contribution in [0.3, 0.4) is 0 Å². The van der Waals surface area contributed by atoms with Crippen molar-refractivity contribution < 1.29 is 29.6 Å². The molecule has 1 fully saturated rings. The quantitative estimate of drug-likeness (QED) is 0.440. The molecule has 8 heteroatoms. The molecular formula is C28H46N2O6. The highest BCUT2D eigenvalue weighted by molar-refractivity contribution is 5.97. The molecule has 1 aromatic carbocycles. The molecule has 1 heterocycles. The van der Waals surface area contributed by atoms with Gasteiger partial charge in [0.1, 0.15) is 17.5 Å². The topological polar surface area (TPSA) is 111 Å². The van der Waals surface area contributed by atoms with Crippen LogP contribution in [0.25, 0.3) is 0 Å². The Hall–Kier alpha value is -2.32. The maximum absolute atomic E-state index is 13.1. The molecule has 2 rings (SSSR count). The van der Waals surface area contributed by atoms with Gasteiger partial charge in [0.25, 0.3) is 5.91 Å². The van der Waals surface area contributed by atoms with E-state index >= 15 is 0 Å². The minimum Gasteiger partial charge on any atom is -0.508 e. The second kappa shape index (κ2) is 11.8. The molecule has 0 bridgehead atoms. The Morgan fingerprint density at radius 2 is 1.64 bits per heavy atom. The molecule has 0 saturated carbocycles. The number of rotatable bonds is 9. The number of phenolic OH excluding ortho intramolecular Hbond substituents is 2. The number of phenols is 2. The largest absolute Gasteiger partial charge is 0.508 e. The first kappa shape index (κ1) is 29.9. The van der Waals surface area contributed by atoms with E-state index in [2.05, 4.69) is 0 Å². The van der Waals surface area contributed by atoms with E-state index in [1.807, 2.05) is 60.3 Å². The first-order chi connectivity index (χ1) is 16.5. The zero-order chi connectivity index (χ0) is 27.4. The number of carbonyl (C=O) groups is 2. The molecule has 1 unspecified atom stereocenters. The molecule has 1 aliphatic heterocycles. The Morgan fingerprint density at radius 1 is 1.06 bits per heavy atom. The SMILES string of the molecule is CC(C)c1cc(C(=O)N2CCC(CCN(C(COC(C)(C)C)C(=O)O)C(C)(C)C)CC2)c(O)cc1O. The number of carbonyl (C=O) groups excluding carboxylic acids is 1. The number of amides is 1. The first-order valence-electron chi connectivity index (χ1n) is 13.0. The summed E-state index contributed by atoms with van der Waals surface area (Å²) in [6, 6.07) is 2.11. The zero-order valence-electron chi connectivity index (χ0n) is 23.3. The molecule has 0 aromatic heterocycles. The summed E-state index contributed by atoms with van der Waals surface area (Å²) in [5, 5.41) is 30.3. The second-order valence-corrected chi connectivity index (χ2v) is 12.2. The smallest absolute Gasteiger partial charge is 0.323 e. The Morgan fingerprint density at radius 3 is 2.11 bits per heavy atom. The van der Waals surface area contributed by atoms with Gasteiger partial charge in [-0.2, -0.15) is 0 Å². The highest BCUT2D eigenvalue weighted by Gasteiger charge is 2.35. The van der Waals surface area contributed by atoms with Crippen LogP contribution in [-0.4, -0.2) is 80.4 Å². The Kier molecular flexibility index (Phi) is 9.82. The molecule has 3 N–H and O–H groups in total. The van der Waals surface area contributed by atoms with E-state index in [1.54, 1.807) is 11.0 Å². The summed E-state index contributed by atoms with van der Waals surface area (Å²) >= 11 is 0. The van der Waals surface area contributed by atoms with E-state index in [1.165, 1.54) is 6.07 Å². The molecule has 8 nitrogen and oxygen atoms in total. The van der Waals surface area contributed by atoms with Crippen molar-refractivity contribution >= 4 is 11.9 Å². The summed E-state index contributed by atoms with van der Waals surface area (Å²) < 4.78 is 5.84. The van der Waals surface area contributed by atoms with E-state index in [4.69, 9.17) is 4.74 Å². The molecule has 36 heavy (non-hydrogen) atoms. The van der Waals surface area contributed by atoms with Crippen LogP contribution in [0, 0.1) is 5.92 Å². The van der Waals surface area contributed by atoms with Gasteiger partial charge in [0.15, 0.2) is 0 Å². The van der Waals surface area contributed by atoms with Gasteiger partial charge in [0.05, 0.1) is 17.8 Å². The lowest BCUT2D eigenvalue weighted by molar-refractivity contribution is -0.151. The summed E-state index contributed by atoms with van der Waals surface area (Å²) in [6.07, 6.45) is 2.46. The van der Waals surface area contributed by atoms with Gasteiger partial charge in [-0.3, -0.25) is 14.5 Å². The van der Waals surface area contributed by atoms with Crippen LogP contribution >= 0.6 is 0 Å². The number of benzene rings is 1. The van der Waals surface area contributed by atoms with Gasteiger partial charge >= 0.3 is 5.97 Å². The minimum absolute atomic E-state index is 0.00581. The normalized spacial score (nSPS) is 16.6. The second-order valence-electron chi connectivity index (χ2n) is 12.2. The standard InChI is InChI=1S/C28H46N2O6/c1-18(2)20-15-21(24(32)16-23(20)31)25(33)29-12-9-19(10-13-29)11-14-30(27(3,4)5)22(26(34)35)17-36-28(6,7)8/h15-16,18-19,22,31-32H,9-14,17H2,1-8H3,(H,34,35). The van der Waals surface area contributed by atoms with Crippen molar-refractivity contribution in [2.24, 2.45) is 5.92 Å². The molecule has 1 atom stereocenters. The van der Waals surface area contributed by atoms with Crippen molar-refractivity contribution in [3.8, 4) is 11.5 Å². The highest BCUT2D eigenvalue weighted by Crippen LogP contribution is 2.34. The maximum atomic E-state index is 13.1. The third-order valence-corrected chi connectivity index (χ3v) is 6.87. The van der Waals surface area contributed by atoms with Crippen molar-refractivity contribution in [3.05, 3.63) is 23.3 Å². The third-order valence-electron chi connectivity index (χ3n) is 6.87. The summed E-state index contributed by atoms with van der Waals surface area (Å²) in [5.41, 5.74) is 0.0954. The fourth-order valence-electron chi connectivity index (χ4n) is 4.73. The molecule has 1 aliphatic rings. The molecule has 0 radical (unpaired) electrons. The number of aromatic hydroxyl groups is 2. The lowest BCUT2D eigenvalue weighted by atomic mass is 9.91. The number of carboxylic acid groups (broad SMARTS) is 1. The lowest BCUT2D eigenvalue weighted by Gasteiger charge is -2.42. The van der Waals surface area contributed by atoms with Gasteiger partial charge in [0, 0.05) is 24.7 Å². The molecule has 0 aliphatic carbocycles.